The summed E-state index contributed by atoms with van der Waals surface area (Å²) in [7, 11) is 1.65. The van der Waals surface area contributed by atoms with E-state index in [0.717, 1.165) is 12.8 Å². The van der Waals surface area contributed by atoms with Crippen molar-refractivity contribution in [2.45, 2.75) is 32.3 Å². The number of carbonyl (C=O) groups excluding carboxylic acids is 1. The van der Waals surface area contributed by atoms with Crippen LogP contribution in [0.15, 0.2) is 4.99 Å². The molecule has 0 aliphatic heterocycles. The molecule has 0 amide bonds. The molecule has 0 N–H and O–H groups in total. The average molecular weight is 157 g/mol. The van der Waals surface area contributed by atoms with Crippen LogP contribution in [0.5, 0.6) is 0 Å². The van der Waals surface area contributed by atoms with Gasteiger partial charge in [-0.05, 0) is 12.8 Å². The van der Waals surface area contributed by atoms with Gasteiger partial charge < -0.3 is 4.74 Å². The lowest BCUT2D eigenvalue weighted by Gasteiger charge is -2.27. The second-order valence-electron chi connectivity index (χ2n) is 2.50. The van der Waals surface area contributed by atoms with Gasteiger partial charge in [0.1, 0.15) is 0 Å². The molecule has 3 heteroatoms. The van der Waals surface area contributed by atoms with E-state index in [1.165, 1.54) is 6.08 Å². The molecule has 0 radical (unpaired) electrons. The molecule has 0 aromatic rings. The molecule has 0 heterocycles. The van der Waals surface area contributed by atoms with Gasteiger partial charge >= 0.3 is 0 Å². The standard InChI is InChI=1S/C8H15NO2/c1-4-8(5-2,11-3)6-9-7-10/h4-6H2,1-3H3. The van der Waals surface area contributed by atoms with Crippen LogP contribution in [-0.4, -0.2) is 25.3 Å². The van der Waals surface area contributed by atoms with E-state index in [-0.39, 0.29) is 5.60 Å². The highest BCUT2D eigenvalue weighted by Crippen LogP contribution is 2.19. The molecule has 0 atom stereocenters. The van der Waals surface area contributed by atoms with Gasteiger partial charge in [-0.3, -0.25) is 0 Å². The van der Waals surface area contributed by atoms with E-state index in [1.54, 1.807) is 7.11 Å². The lowest BCUT2D eigenvalue weighted by atomic mass is 9.97. The summed E-state index contributed by atoms with van der Waals surface area (Å²) in [6, 6.07) is 0. The maximum Gasteiger partial charge on any atom is 0.235 e. The number of hydrogen-bond acceptors (Lipinski definition) is 3. The summed E-state index contributed by atoms with van der Waals surface area (Å²) in [5, 5.41) is 0. The van der Waals surface area contributed by atoms with Crippen LogP contribution in [0.3, 0.4) is 0 Å². The van der Waals surface area contributed by atoms with Crippen molar-refractivity contribution >= 4 is 6.08 Å². The largest absolute Gasteiger partial charge is 0.376 e. The zero-order valence-corrected chi connectivity index (χ0v) is 7.39. The van der Waals surface area contributed by atoms with Crippen molar-refractivity contribution in [3.8, 4) is 0 Å². The van der Waals surface area contributed by atoms with Crippen molar-refractivity contribution in [3.63, 3.8) is 0 Å². The minimum Gasteiger partial charge on any atom is -0.376 e. The van der Waals surface area contributed by atoms with Gasteiger partial charge in [0.05, 0.1) is 12.1 Å². The molecule has 0 bridgehead atoms. The smallest absolute Gasteiger partial charge is 0.235 e. The minimum absolute atomic E-state index is 0.253. The molecule has 64 valence electrons. The Labute approximate surface area is 67.5 Å². The molecule has 0 aromatic heterocycles. The Morgan fingerprint density at radius 1 is 1.45 bits per heavy atom. The van der Waals surface area contributed by atoms with E-state index >= 15 is 0 Å². The Balaban J connectivity index is 4.15. The Bertz CT molecular complexity index is 138. The van der Waals surface area contributed by atoms with Gasteiger partial charge in [-0.1, -0.05) is 13.8 Å². The molecule has 0 fully saturated rings. The van der Waals surface area contributed by atoms with Gasteiger partial charge in [0, 0.05) is 7.11 Å². The van der Waals surface area contributed by atoms with Crippen LogP contribution < -0.4 is 0 Å². The van der Waals surface area contributed by atoms with Crippen LogP contribution in [0.1, 0.15) is 26.7 Å². The Kier molecular flexibility index (Phi) is 4.75. The highest BCUT2D eigenvalue weighted by molar-refractivity contribution is 5.33. The fourth-order valence-electron chi connectivity index (χ4n) is 1.00. The van der Waals surface area contributed by atoms with Crippen LogP contribution in [-0.2, 0) is 9.53 Å². The van der Waals surface area contributed by atoms with Crippen molar-refractivity contribution in [2.75, 3.05) is 13.7 Å². The second-order valence-corrected chi connectivity index (χ2v) is 2.50. The summed E-state index contributed by atoms with van der Waals surface area (Å²) in [6.07, 6.45) is 3.25. The molecule has 0 aliphatic rings. The first-order valence-electron chi connectivity index (χ1n) is 3.83. The monoisotopic (exact) mass is 157 g/mol. The van der Waals surface area contributed by atoms with E-state index in [2.05, 4.69) is 4.99 Å². The summed E-state index contributed by atoms with van der Waals surface area (Å²) in [5.74, 6) is 0. The first-order valence-corrected chi connectivity index (χ1v) is 3.83. The third-order valence-corrected chi connectivity index (χ3v) is 2.15. The number of nitrogens with zero attached hydrogens (tertiary/aromatic N) is 1. The second kappa shape index (κ2) is 5.05. The minimum atomic E-state index is -0.253. The van der Waals surface area contributed by atoms with E-state index in [1.807, 2.05) is 13.8 Å². The fraction of sp³-hybridized carbons (Fsp3) is 0.875. The average Bonchev–Trinajstić information content (AvgIpc) is 2.08. The molecule has 0 aliphatic carbocycles. The van der Waals surface area contributed by atoms with Crippen LogP contribution in [0.4, 0.5) is 0 Å². The normalized spacial score (nSPS) is 10.8. The van der Waals surface area contributed by atoms with Crippen molar-refractivity contribution in [1.82, 2.24) is 0 Å². The highest BCUT2D eigenvalue weighted by atomic mass is 16.5. The third kappa shape index (κ3) is 2.83. The number of rotatable bonds is 5. The molecule has 11 heavy (non-hydrogen) atoms. The summed E-state index contributed by atoms with van der Waals surface area (Å²) < 4.78 is 5.27. The maximum atomic E-state index is 9.85. The molecule has 0 aromatic carbocycles. The number of aliphatic imine (C=N–C) groups is 1. The predicted molar refractivity (Wildman–Crippen MR) is 43.3 cm³/mol. The molecular formula is C8H15NO2. The van der Waals surface area contributed by atoms with Crippen LogP contribution >= 0.6 is 0 Å². The van der Waals surface area contributed by atoms with Crippen molar-refractivity contribution in [3.05, 3.63) is 0 Å². The quantitative estimate of drug-likeness (QED) is 0.448. The Morgan fingerprint density at radius 3 is 2.27 bits per heavy atom. The summed E-state index contributed by atoms with van der Waals surface area (Å²) >= 11 is 0. The van der Waals surface area contributed by atoms with Crippen molar-refractivity contribution in [1.29, 1.82) is 0 Å². The zero-order chi connectivity index (χ0) is 8.74. The topological polar surface area (TPSA) is 38.7 Å². The fourth-order valence-corrected chi connectivity index (χ4v) is 1.00. The van der Waals surface area contributed by atoms with Gasteiger partial charge in [-0.15, -0.1) is 0 Å². The van der Waals surface area contributed by atoms with Crippen molar-refractivity contribution in [2.24, 2.45) is 4.99 Å². The van der Waals surface area contributed by atoms with Crippen LogP contribution in [0, 0.1) is 0 Å². The lowest BCUT2D eigenvalue weighted by molar-refractivity contribution is -0.00831. The summed E-state index contributed by atoms with van der Waals surface area (Å²) in [6.45, 7) is 4.46. The number of ether oxygens (including phenoxy) is 1. The Morgan fingerprint density at radius 2 is 2.00 bits per heavy atom. The first-order chi connectivity index (χ1) is 5.24. The summed E-state index contributed by atoms with van der Waals surface area (Å²) in [5.41, 5.74) is -0.253. The van der Waals surface area contributed by atoms with E-state index in [4.69, 9.17) is 4.74 Å². The van der Waals surface area contributed by atoms with Gasteiger partial charge in [-0.2, -0.15) is 0 Å². The van der Waals surface area contributed by atoms with E-state index in [9.17, 15) is 4.79 Å². The third-order valence-electron chi connectivity index (χ3n) is 2.15. The van der Waals surface area contributed by atoms with Crippen molar-refractivity contribution < 1.29 is 9.53 Å². The molecule has 3 nitrogen and oxygen atoms in total. The Hall–Kier alpha value is -0.660. The van der Waals surface area contributed by atoms with Gasteiger partial charge in [0.25, 0.3) is 0 Å². The van der Waals surface area contributed by atoms with Gasteiger partial charge in [0.2, 0.25) is 6.08 Å². The number of methoxy groups -OCH3 is 1. The number of isocyanates is 1. The number of hydrogen-bond donors (Lipinski definition) is 0. The predicted octanol–water partition coefficient (Wildman–Crippen LogP) is 1.53. The molecular weight excluding hydrogens is 142 g/mol. The van der Waals surface area contributed by atoms with Gasteiger partial charge in [-0.25, -0.2) is 9.79 Å². The van der Waals surface area contributed by atoms with E-state index < -0.39 is 0 Å². The molecule has 0 unspecified atom stereocenters. The molecule has 0 spiro atoms. The zero-order valence-electron chi connectivity index (χ0n) is 7.39. The molecule has 0 saturated carbocycles. The maximum absolute atomic E-state index is 9.85. The van der Waals surface area contributed by atoms with Gasteiger partial charge in [0.15, 0.2) is 0 Å². The molecule has 0 saturated heterocycles. The SMILES string of the molecule is CCC(CC)(CN=C=O)OC. The van der Waals surface area contributed by atoms with Crippen LogP contribution in [0.25, 0.3) is 0 Å². The first kappa shape index (κ1) is 10.3. The molecule has 0 rings (SSSR count). The highest BCUT2D eigenvalue weighted by Gasteiger charge is 2.24. The lowest BCUT2D eigenvalue weighted by Crippen LogP contribution is -2.33. The summed E-state index contributed by atoms with van der Waals surface area (Å²) in [4.78, 5) is 13.4. The van der Waals surface area contributed by atoms with Crippen LogP contribution in [0.2, 0.25) is 0 Å². The van der Waals surface area contributed by atoms with E-state index in [0.29, 0.717) is 6.54 Å².